The largest absolute Gasteiger partial charge is 0.348 e. The Kier molecular flexibility index (Phi) is 8.32. The van der Waals surface area contributed by atoms with Gasteiger partial charge in [-0.15, -0.1) is 6.58 Å². The molecule has 3 atom stereocenters. The molecule has 1 N–H and O–H groups in total. The highest BCUT2D eigenvalue weighted by Crippen LogP contribution is 2.36. The molecular formula is C30H36FN3O. The van der Waals surface area contributed by atoms with Crippen LogP contribution >= 0.6 is 0 Å². The first-order valence-corrected chi connectivity index (χ1v) is 12.5. The summed E-state index contributed by atoms with van der Waals surface area (Å²) in [6, 6.07) is 15.2. The number of benzene rings is 2. The minimum atomic E-state index is -0.298. The van der Waals surface area contributed by atoms with E-state index in [1.54, 1.807) is 6.07 Å². The third-order valence-electron chi connectivity index (χ3n) is 7.06. The van der Waals surface area contributed by atoms with Gasteiger partial charge in [0.05, 0.1) is 6.04 Å². The van der Waals surface area contributed by atoms with Crippen molar-refractivity contribution in [1.82, 2.24) is 15.1 Å². The van der Waals surface area contributed by atoms with Gasteiger partial charge in [0, 0.05) is 43.8 Å². The average Bonchev–Trinajstić information content (AvgIpc) is 2.86. The Balaban J connectivity index is 1.58. The van der Waals surface area contributed by atoms with Crippen molar-refractivity contribution < 1.29 is 9.18 Å². The first-order valence-electron chi connectivity index (χ1n) is 12.5. The minimum Gasteiger partial charge on any atom is -0.348 e. The van der Waals surface area contributed by atoms with E-state index in [9.17, 15) is 9.18 Å². The van der Waals surface area contributed by atoms with Crippen molar-refractivity contribution in [3.8, 4) is 0 Å². The number of hydrogen-bond donors (Lipinski definition) is 1. The fourth-order valence-corrected chi connectivity index (χ4v) is 5.25. The Hall–Kier alpha value is -3.02. The van der Waals surface area contributed by atoms with E-state index < -0.39 is 0 Å². The van der Waals surface area contributed by atoms with Crippen molar-refractivity contribution in [2.45, 2.75) is 51.4 Å². The molecule has 0 saturated carbocycles. The molecule has 0 spiro atoms. The predicted molar refractivity (Wildman–Crippen MR) is 141 cm³/mol. The predicted octanol–water partition coefficient (Wildman–Crippen LogP) is 5.65. The number of allylic oxidation sites excluding steroid dienone is 3. The lowest BCUT2D eigenvalue weighted by Gasteiger charge is -2.48. The van der Waals surface area contributed by atoms with E-state index >= 15 is 0 Å². The van der Waals surface area contributed by atoms with Crippen LogP contribution in [0, 0.1) is 5.82 Å². The monoisotopic (exact) mass is 473 g/mol. The van der Waals surface area contributed by atoms with Gasteiger partial charge < -0.3 is 5.32 Å². The third-order valence-corrected chi connectivity index (χ3v) is 7.06. The maximum atomic E-state index is 13.5. The molecule has 1 heterocycles. The Bertz CT molecular complexity index is 1110. The lowest BCUT2D eigenvalue weighted by molar-refractivity contribution is 0.0288. The van der Waals surface area contributed by atoms with Crippen LogP contribution < -0.4 is 5.32 Å². The Morgan fingerprint density at radius 2 is 2.00 bits per heavy atom. The second-order valence-electron chi connectivity index (χ2n) is 9.69. The number of carbonyl (C=O) groups is 1. The number of hydrogen-bond acceptors (Lipinski definition) is 3. The topological polar surface area (TPSA) is 35.6 Å². The average molecular weight is 474 g/mol. The summed E-state index contributed by atoms with van der Waals surface area (Å²) in [5.41, 5.74) is 3.90. The SMILES string of the molecule is C=CCN1C[C@H](C)N([C@H](C2=CC=CCC2)c2cccc(C(=O)NCc3cccc(F)c3)c2)C[C@H]1C. The quantitative estimate of drug-likeness (QED) is 0.503. The molecule has 1 aliphatic carbocycles. The van der Waals surface area contributed by atoms with E-state index in [2.05, 4.69) is 59.8 Å². The second kappa shape index (κ2) is 11.6. The van der Waals surface area contributed by atoms with Gasteiger partial charge in [0.25, 0.3) is 5.91 Å². The lowest BCUT2D eigenvalue weighted by Crippen LogP contribution is -2.57. The van der Waals surface area contributed by atoms with Gasteiger partial charge in [-0.1, -0.05) is 48.6 Å². The summed E-state index contributed by atoms with van der Waals surface area (Å²) in [5, 5.41) is 2.94. The number of halogens is 1. The van der Waals surface area contributed by atoms with E-state index in [4.69, 9.17) is 0 Å². The minimum absolute atomic E-state index is 0.124. The van der Waals surface area contributed by atoms with Gasteiger partial charge in [0.1, 0.15) is 5.82 Å². The van der Waals surface area contributed by atoms with Crippen molar-refractivity contribution in [1.29, 1.82) is 0 Å². The summed E-state index contributed by atoms with van der Waals surface area (Å²) in [6.45, 7) is 11.6. The fraction of sp³-hybridized carbons (Fsp3) is 0.367. The van der Waals surface area contributed by atoms with Crippen LogP contribution in [0.3, 0.4) is 0 Å². The summed E-state index contributed by atoms with van der Waals surface area (Å²) in [5.74, 6) is -0.447. The van der Waals surface area contributed by atoms with Crippen molar-refractivity contribution in [3.05, 3.63) is 107 Å². The normalized spacial score (nSPS) is 21.9. The third kappa shape index (κ3) is 6.16. The molecule has 2 aliphatic rings. The van der Waals surface area contributed by atoms with E-state index in [0.717, 1.165) is 43.6 Å². The van der Waals surface area contributed by atoms with Crippen LogP contribution in [0.5, 0.6) is 0 Å². The van der Waals surface area contributed by atoms with Crippen molar-refractivity contribution in [3.63, 3.8) is 0 Å². The van der Waals surface area contributed by atoms with E-state index in [1.807, 2.05) is 30.3 Å². The van der Waals surface area contributed by atoms with Crippen molar-refractivity contribution >= 4 is 5.91 Å². The number of piperazine rings is 1. The van der Waals surface area contributed by atoms with Crippen LogP contribution in [0.4, 0.5) is 4.39 Å². The highest BCUT2D eigenvalue weighted by atomic mass is 19.1. The molecule has 1 amide bonds. The van der Waals surface area contributed by atoms with Crippen LogP contribution in [0.15, 0.2) is 85.0 Å². The van der Waals surface area contributed by atoms with Crippen LogP contribution in [0.25, 0.3) is 0 Å². The maximum absolute atomic E-state index is 13.5. The van der Waals surface area contributed by atoms with Crippen LogP contribution in [0.1, 0.15) is 54.2 Å². The molecular weight excluding hydrogens is 437 g/mol. The van der Waals surface area contributed by atoms with Crippen LogP contribution in [0.2, 0.25) is 0 Å². The van der Waals surface area contributed by atoms with Gasteiger partial charge in [-0.25, -0.2) is 4.39 Å². The van der Waals surface area contributed by atoms with E-state index in [-0.39, 0.29) is 17.8 Å². The summed E-state index contributed by atoms with van der Waals surface area (Å²) in [4.78, 5) is 18.1. The fourth-order valence-electron chi connectivity index (χ4n) is 5.25. The molecule has 0 aromatic heterocycles. The van der Waals surface area contributed by atoms with Gasteiger partial charge in [-0.3, -0.25) is 14.6 Å². The zero-order valence-electron chi connectivity index (χ0n) is 20.8. The van der Waals surface area contributed by atoms with Crippen molar-refractivity contribution in [2.75, 3.05) is 19.6 Å². The molecule has 5 heteroatoms. The van der Waals surface area contributed by atoms with Gasteiger partial charge in [0.2, 0.25) is 0 Å². The molecule has 0 radical (unpaired) electrons. The molecule has 0 unspecified atom stereocenters. The Morgan fingerprint density at radius 3 is 2.74 bits per heavy atom. The molecule has 1 fully saturated rings. The highest BCUT2D eigenvalue weighted by molar-refractivity contribution is 5.94. The summed E-state index contributed by atoms with van der Waals surface area (Å²) < 4.78 is 13.5. The molecule has 184 valence electrons. The molecule has 1 saturated heterocycles. The Labute approximate surface area is 208 Å². The van der Waals surface area contributed by atoms with Gasteiger partial charge >= 0.3 is 0 Å². The van der Waals surface area contributed by atoms with E-state index in [0.29, 0.717) is 24.2 Å². The number of rotatable bonds is 8. The number of nitrogens with zero attached hydrogens (tertiary/aromatic N) is 2. The van der Waals surface area contributed by atoms with Gasteiger partial charge in [-0.05, 0) is 67.7 Å². The van der Waals surface area contributed by atoms with Crippen LogP contribution in [-0.2, 0) is 6.54 Å². The second-order valence-corrected chi connectivity index (χ2v) is 9.69. The standard InChI is InChI=1S/C30H36FN3O/c1-4-16-33-20-23(3)34(21-22(33)2)29(25-11-6-5-7-12-25)26-13-9-14-27(18-26)30(35)32-19-24-10-8-15-28(31)17-24/h4-6,8-11,13-15,17-18,22-23,29H,1,7,12,16,19-21H2,2-3H3,(H,32,35)/t22-,23+,29-/m1/s1. The van der Waals surface area contributed by atoms with Gasteiger partial charge in [-0.2, -0.15) is 0 Å². The number of amides is 1. The lowest BCUT2D eigenvalue weighted by atomic mass is 9.88. The molecule has 4 rings (SSSR count). The first-order chi connectivity index (χ1) is 17.0. The zero-order chi connectivity index (χ0) is 24.8. The highest BCUT2D eigenvalue weighted by Gasteiger charge is 2.35. The number of nitrogens with one attached hydrogen (secondary N) is 1. The van der Waals surface area contributed by atoms with Gasteiger partial charge in [0.15, 0.2) is 0 Å². The zero-order valence-corrected chi connectivity index (χ0v) is 20.8. The maximum Gasteiger partial charge on any atom is 0.251 e. The van der Waals surface area contributed by atoms with E-state index in [1.165, 1.54) is 17.7 Å². The molecule has 1 aliphatic heterocycles. The summed E-state index contributed by atoms with van der Waals surface area (Å²) in [6.07, 6.45) is 10.7. The number of carbonyl (C=O) groups excluding carboxylic acids is 1. The molecule has 4 nitrogen and oxygen atoms in total. The molecule has 2 aromatic rings. The van der Waals surface area contributed by atoms with Crippen molar-refractivity contribution in [2.24, 2.45) is 0 Å². The Morgan fingerprint density at radius 1 is 1.17 bits per heavy atom. The molecule has 2 aromatic carbocycles. The molecule has 35 heavy (non-hydrogen) atoms. The summed E-state index contributed by atoms with van der Waals surface area (Å²) >= 11 is 0. The summed E-state index contributed by atoms with van der Waals surface area (Å²) in [7, 11) is 0. The smallest absolute Gasteiger partial charge is 0.251 e. The molecule has 0 bridgehead atoms. The first kappa shape index (κ1) is 25.1. The van der Waals surface area contributed by atoms with Crippen LogP contribution in [-0.4, -0.2) is 47.4 Å².